The van der Waals surface area contributed by atoms with Gasteiger partial charge in [-0.25, -0.2) is 13.4 Å². The first-order valence-corrected chi connectivity index (χ1v) is 8.10. The number of pyridine rings is 1. The molecule has 0 fully saturated rings. The van der Waals surface area contributed by atoms with Crippen LogP contribution in [0.4, 0.5) is 11.5 Å². The number of hydrogen-bond acceptors (Lipinski definition) is 5. The molecular weight excluding hydrogens is 282 g/mol. The highest BCUT2D eigenvalue weighted by Gasteiger charge is 2.14. The van der Waals surface area contributed by atoms with Gasteiger partial charge in [0.25, 0.3) is 10.0 Å². The quantitative estimate of drug-likeness (QED) is 0.845. The van der Waals surface area contributed by atoms with Gasteiger partial charge in [-0.2, -0.15) is 0 Å². The summed E-state index contributed by atoms with van der Waals surface area (Å²) in [5, 5.41) is 0. The van der Waals surface area contributed by atoms with E-state index in [0.717, 1.165) is 4.90 Å². The number of nitrogens with one attached hydrogen (secondary N) is 1. The Balaban J connectivity index is 2.28. The van der Waals surface area contributed by atoms with Gasteiger partial charge in [-0.3, -0.25) is 4.72 Å². The van der Waals surface area contributed by atoms with Crippen LogP contribution in [0.15, 0.2) is 52.4 Å². The highest BCUT2D eigenvalue weighted by molar-refractivity contribution is 7.98. The first kappa shape index (κ1) is 13.7. The van der Waals surface area contributed by atoms with Crippen molar-refractivity contribution in [2.75, 3.05) is 16.7 Å². The number of hydrogen-bond donors (Lipinski definition) is 2. The van der Waals surface area contributed by atoms with Crippen LogP contribution in [0.25, 0.3) is 0 Å². The van der Waals surface area contributed by atoms with Gasteiger partial charge in [-0.05, 0) is 36.6 Å². The molecule has 1 aromatic carbocycles. The molecule has 19 heavy (non-hydrogen) atoms. The molecule has 5 nitrogen and oxygen atoms in total. The van der Waals surface area contributed by atoms with Crippen molar-refractivity contribution >= 4 is 33.3 Å². The smallest absolute Gasteiger partial charge is 0.263 e. The predicted molar refractivity (Wildman–Crippen MR) is 77.7 cm³/mol. The van der Waals surface area contributed by atoms with Crippen molar-refractivity contribution in [2.24, 2.45) is 0 Å². The number of nitrogens with two attached hydrogens (primary N) is 1. The summed E-state index contributed by atoms with van der Waals surface area (Å²) in [6.45, 7) is 0. The molecule has 0 saturated carbocycles. The van der Waals surface area contributed by atoms with Crippen LogP contribution in [-0.2, 0) is 10.0 Å². The fourth-order valence-electron chi connectivity index (χ4n) is 1.45. The zero-order valence-electron chi connectivity index (χ0n) is 10.2. The number of sulfonamides is 1. The summed E-state index contributed by atoms with van der Waals surface area (Å²) in [6.07, 6.45) is 3.16. The topological polar surface area (TPSA) is 85.1 Å². The molecule has 0 amide bonds. The van der Waals surface area contributed by atoms with Crippen LogP contribution in [0, 0.1) is 0 Å². The number of rotatable bonds is 4. The molecule has 0 spiro atoms. The van der Waals surface area contributed by atoms with E-state index in [1.54, 1.807) is 30.0 Å². The second-order valence-electron chi connectivity index (χ2n) is 3.76. The summed E-state index contributed by atoms with van der Waals surface area (Å²) in [6, 6.07) is 10.0. The lowest BCUT2D eigenvalue weighted by atomic mass is 10.3. The van der Waals surface area contributed by atoms with Crippen LogP contribution in [0.3, 0.4) is 0 Å². The van der Waals surface area contributed by atoms with Crippen LogP contribution in [0.2, 0.25) is 0 Å². The van der Waals surface area contributed by atoms with E-state index in [1.807, 2.05) is 12.3 Å². The summed E-state index contributed by atoms with van der Waals surface area (Å²) in [5.41, 5.74) is 5.95. The molecule has 7 heteroatoms. The van der Waals surface area contributed by atoms with Crippen molar-refractivity contribution in [3.63, 3.8) is 0 Å². The van der Waals surface area contributed by atoms with Gasteiger partial charge in [0, 0.05) is 16.8 Å². The molecule has 0 aliphatic carbocycles. The van der Waals surface area contributed by atoms with Crippen molar-refractivity contribution in [3.05, 3.63) is 42.6 Å². The molecule has 2 aromatic rings. The minimum Gasteiger partial charge on any atom is -0.384 e. The summed E-state index contributed by atoms with van der Waals surface area (Å²) in [4.78, 5) is 4.84. The molecule has 0 unspecified atom stereocenters. The third kappa shape index (κ3) is 3.39. The lowest BCUT2D eigenvalue weighted by Gasteiger charge is -2.08. The van der Waals surface area contributed by atoms with Gasteiger partial charge in [0.15, 0.2) is 0 Å². The third-order valence-corrected chi connectivity index (χ3v) is 4.48. The molecule has 100 valence electrons. The maximum atomic E-state index is 12.1. The zero-order valence-corrected chi connectivity index (χ0v) is 11.8. The average Bonchev–Trinajstić information content (AvgIpc) is 2.39. The van der Waals surface area contributed by atoms with Gasteiger partial charge in [-0.1, -0.05) is 6.07 Å². The SMILES string of the molecule is CSc1cccc(NS(=O)(=O)c2ccc(N)nc2)c1. The van der Waals surface area contributed by atoms with E-state index < -0.39 is 10.0 Å². The Kier molecular flexibility index (Phi) is 3.96. The fraction of sp³-hybridized carbons (Fsp3) is 0.0833. The molecule has 2 rings (SSSR count). The molecule has 0 saturated heterocycles. The summed E-state index contributed by atoms with van der Waals surface area (Å²) in [5.74, 6) is 0.281. The van der Waals surface area contributed by atoms with E-state index in [0.29, 0.717) is 5.69 Å². The van der Waals surface area contributed by atoms with E-state index in [2.05, 4.69) is 9.71 Å². The first-order chi connectivity index (χ1) is 9.01. The van der Waals surface area contributed by atoms with Crippen molar-refractivity contribution in [2.45, 2.75) is 9.79 Å². The second kappa shape index (κ2) is 5.50. The minimum absolute atomic E-state index is 0.0799. The summed E-state index contributed by atoms with van der Waals surface area (Å²) < 4.78 is 26.7. The Hall–Kier alpha value is -1.73. The molecule has 0 bridgehead atoms. The Labute approximate surface area is 116 Å². The number of aromatic nitrogens is 1. The van der Waals surface area contributed by atoms with E-state index in [1.165, 1.54) is 18.3 Å². The van der Waals surface area contributed by atoms with Crippen LogP contribution < -0.4 is 10.5 Å². The highest BCUT2D eigenvalue weighted by atomic mass is 32.2. The van der Waals surface area contributed by atoms with E-state index in [-0.39, 0.29) is 10.7 Å². The molecule has 0 aliphatic heterocycles. The fourth-order valence-corrected chi connectivity index (χ4v) is 2.90. The third-order valence-electron chi connectivity index (χ3n) is 2.39. The summed E-state index contributed by atoms with van der Waals surface area (Å²) in [7, 11) is -3.63. The van der Waals surface area contributed by atoms with E-state index >= 15 is 0 Å². The van der Waals surface area contributed by atoms with Gasteiger partial charge >= 0.3 is 0 Å². The summed E-state index contributed by atoms with van der Waals surface area (Å²) >= 11 is 1.54. The van der Waals surface area contributed by atoms with Crippen LogP contribution in [0.5, 0.6) is 0 Å². The largest absolute Gasteiger partial charge is 0.384 e. The van der Waals surface area contributed by atoms with Gasteiger partial charge in [0.05, 0.1) is 0 Å². The zero-order chi connectivity index (χ0) is 13.9. The number of thioether (sulfide) groups is 1. The van der Waals surface area contributed by atoms with Crippen LogP contribution >= 0.6 is 11.8 Å². The number of anilines is 2. The maximum Gasteiger partial charge on any atom is 0.263 e. The molecule has 3 N–H and O–H groups in total. The number of benzene rings is 1. The van der Waals surface area contributed by atoms with Crippen molar-refractivity contribution in [3.8, 4) is 0 Å². The maximum absolute atomic E-state index is 12.1. The minimum atomic E-state index is -3.63. The number of nitrogen functional groups attached to an aromatic ring is 1. The van der Waals surface area contributed by atoms with Gasteiger partial charge in [0.1, 0.15) is 10.7 Å². The monoisotopic (exact) mass is 295 g/mol. The molecule has 0 aliphatic rings. The highest BCUT2D eigenvalue weighted by Crippen LogP contribution is 2.21. The van der Waals surface area contributed by atoms with Crippen LogP contribution in [-0.4, -0.2) is 19.7 Å². The second-order valence-corrected chi connectivity index (χ2v) is 6.32. The molecule has 0 atom stereocenters. The van der Waals surface area contributed by atoms with Crippen molar-refractivity contribution in [1.82, 2.24) is 4.98 Å². The Morgan fingerprint density at radius 3 is 2.68 bits per heavy atom. The van der Waals surface area contributed by atoms with Crippen molar-refractivity contribution in [1.29, 1.82) is 0 Å². The van der Waals surface area contributed by atoms with Gasteiger partial charge in [0.2, 0.25) is 0 Å². The standard InChI is InChI=1S/C12H13N3O2S2/c1-18-10-4-2-3-9(7-10)15-19(16,17)11-5-6-12(13)14-8-11/h2-8,15H,1H3,(H2,13,14). The lowest BCUT2D eigenvalue weighted by Crippen LogP contribution is -2.13. The van der Waals surface area contributed by atoms with Gasteiger partial charge < -0.3 is 5.73 Å². The average molecular weight is 295 g/mol. The van der Waals surface area contributed by atoms with Gasteiger partial charge in [-0.15, -0.1) is 11.8 Å². The first-order valence-electron chi connectivity index (χ1n) is 5.40. The Bertz CT molecular complexity index is 670. The Morgan fingerprint density at radius 2 is 2.05 bits per heavy atom. The molecular formula is C12H13N3O2S2. The van der Waals surface area contributed by atoms with Crippen LogP contribution in [0.1, 0.15) is 0 Å². The van der Waals surface area contributed by atoms with E-state index in [9.17, 15) is 8.42 Å². The molecule has 0 radical (unpaired) electrons. The lowest BCUT2D eigenvalue weighted by molar-refractivity contribution is 0.601. The predicted octanol–water partition coefficient (Wildman–Crippen LogP) is 2.19. The number of nitrogens with zero attached hydrogens (tertiary/aromatic N) is 1. The molecule has 1 aromatic heterocycles. The van der Waals surface area contributed by atoms with E-state index in [4.69, 9.17) is 5.73 Å². The molecule has 1 heterocycles. The van der Waals surface area contributed by atoms with Crippen molar-refractivity contribution < 1.29 is 8.42 Å². The Morgan fingerprint density at radius 1 is 1.26 bits per heavy atom. The normalized spacial score (nSPS) is 11.2.